The number of halogens is 4. The number of nitriles is 1. The van der Waals surface area contributed by atoms with Crippen LogP contribution in [0.4, 0.5) is 13.2 Å². The third-order valence-electron chi connectivity index (χ3n) is 6.39. The Morgan fingerprint density at radius 3 is 2.71 bits per heavy atom. The van der Waals surface area contributed by atoms with Crippen molar-refractivity contribution in [2.75, 3.05) is 20.3 Å². The molecule has 0 amide bonds. The highest BCUT2D eigenvalue weighted by molar-refractivity contribution is 6.30. The van der Waals surface area contributed by atoms with E-state index in [4.69, 9.17) is 30.5 Å². The van der Waals surface area contributed by atoms with Gasteiger partial charge in [-0.05, 0) is 56.7 Å². The lowest BCUT2D eigenvalue weighted by atomic mass is 10.1. The summed E-state index contributed by atoms with van der Waals surface area (Å²) < 4.78 is 65.1. The maximum absolute atomic E-state index is 13.9. The van der Waals surface area contributed by atoms with Gasteiger partial charge in [0.15, 0.2) is 12.0 Å². The van der Waals surface area contributed by atoms with Crippen LogP contribution in [-0.2, 0) is 26.9 Å². The molecule has 0 aliphatic carbocycles. The number of aliphatic imine (C=N–C) groups is 1. The van der Waals surface area contributed by atoms with Crippen molar-refractivity contribution in [3.63, 3.8) is 0 Å². The average molecular weight is 611 g/mol. The van der Waals surface area contributed by atoms with Gasteiger partial charge in [0.05, 0.1) is 44.3 Å². The molecule has 1 saturated heterocycles. The zero-order chi connectivity index (χ0) is 30.9. The fourth-order valence-corrected chi connectivity index (χ4v) is 4.33. The van der Waals surface area contributed by atoms with E-state index < -0.39 is 23.2 Å². The van der Waals surface area contributed by atoms with Crippen LogP contribution < -0.4 is 10.3 Å². The van der Waals surface area contributed by atoms with Gasteiger partial charge >= 0.3 is 6.18 Å². The van der Waals surface area contributed by atoms with Gasteiger partial charge in [0.2, 0.25) is 11.6 Å². The normalized spacial score (nSPS) is 17.8. The minimum atomic E-state index is -4.99. The van der Waals surface area contributed by atoms with Crippen molar-refractivity contribution in [2.24, 2.45) is 10.9 Å². The Morgan fingerprint density at radius 2 is 2.10 bits per heavy atom. The Morgan fingerprint density at radius 1 is 1.33 bits per heavy atom. The van der Waals surface area contributed by atoms with E-state index in [1.165, 1.54) is 25.3 Å². The van der Waals surface area contributed by atoms with Gasteiger partial charge < -0.3 is 18.9 Å². The van der Waals surface area contributed by atoms with Crippen LogP contribution in [0.15, 0.2) is 46.0 Å². The molecule has 228 valence electrons. The maximum atomic E-state index is 13.9. The molecular weight excluding hydrogens is 577 g/mol. The highest BCUT2D eigenvalue weighted by Gasteiger charge is 2.39. The lowest BCUT2D eigenvalue weighted by Gasteiger charge is -2.24. The molecule has 0 radical (unpaired) electrons. The second kappa shape index (κ2) is 15.2. The monoisotopic (exact) mass is 610 g/mol. The first-order chi connectivity index (χ1) is 19.9. The fraction of sp³-hybridized carbons (Fsp3) is 0.517. The van der Waals surface area contributed by atoms with Crippen LogP contribution in [0.2, 0.25) is 5.02 Å². The Balaban J connectivity index is 2.02. The summed E-state index contributed by atoms with van der Waals surface area (Å²) in [4.78, 5) is 21.6. The van der Waals surface area contributed by atoms with Gasteiger partial charge in [0, 0.05) is 17.2 Å². The summed E-state index contributed by atoms with van der Waals surface area (Å²) in [6, 6.07) is 5.40. The highest BCUT2D eigenvalue weighted by Crippen LogP contribution is 2.35. The van der Waals surface area contributed by atoms with Crippen LogP contribution in [-0.4, -0.2) is 48.1 Å². The summed E-state index contributed by atoms with van der Waals surface area (Å²) in [5.74, 6) is -1.23. The molecule has 42 heavy (non-hydrogen) atoms. The molecule has 0 saturated carbocycles. The van der Waals surface area contributed by atoms with Gasteiger partial charge in [-0.3, -0.25) is 9.36 Å². The molecule has 0 spiro atoms. The lowest BCUT2D eigenvalue weighted by molar-refractivity contribution is -0.166. The highest BCUT2D eigenvalue weighted by atomic mass is 35.5. The van der Waals surface area contributed by atoms with Gasteiger partial charge in [0.1, 0.15) is 5.75 Å². The molecular formula is C29H34ClF3N4O5. The second-order valence-corrected chi connectivity index (χ2v) is 10.4. The average Bonchev–Trinajstić information content (AvgIpc) is 2.95. The molecule has 0 bridgehead atoms. The van der Waals surface area contributed by atoms with E-state index >= 15 is 0 Å². The molecule has 1 aliphatic rings. The van der Waals surface area contributed by atoms with Gasteiger partial charge in [0.25, 0.3) is 5.56 Å². The number of alkyl halides is 3. The molecule has 13 heteroatoms. The van der Waals surface area contributed by atoms with Crippen LogP contribution in [0, 0.1) is 17.2 Å². The first kappa shape index (κ1) is 33.1. The predicted octanol–water partition coefficient (Wildman–Crippen LogP) is 6.53. The molecule has 2 heterocycles. The topological polar surface area (TPSA) is 108 Å². The first-order valence-corrected chi connectivity index (χ1v) is 13.9. The van der Waals surface area contributed by atoms with Gasteiger partial charge in [-0.2, -0.15) is 18.4 Å². The smallest absolute Gasteiger partial charge is 0.437 e. The van der Waals surface area contributed by atoms with E-state index in [2.05, 4.69) is 9.98 Å². The Kier molecular flexibility index (Phi) is 12.0. The van der Waals surface area contributed by atoms with Crippen molar-refractivity contribution in [1.29, 1.82) is 5.26 Å². The molecule has 1 aromatic heterocycles. The van der Waals surface area contributed by atoms with Crippen molar-refractivity contribution >= 4 is 17.5 Å². The molecule has 3 atom stereocenters. The molecule has 3 rings (SSSR count). The minimum absolute atomic E-state index is 0.0429. The first-order valence-electron chi connectivity index (χ1n) is 13.6. The van der Waals surface area contributed by atoms with Crippen molar-refractivity contribution in [1.82, 2.24) is 9.55 Å². The third-order valence-corrected chi connectivity index (χ3v) is 6.61. The zero-order valence-electron chi connectivity index (χ0n) is 23.9. The number of methoxy groups -OCH3 is 1. The van der Waals surface area contributed by atoms with Crippen LogP contribution in [0.3, 0.4) is 0 Å². The van der Waals surface area contributed by atoms with Crippen LogP contribution in [0.25, 0.3) is 0 Å². The van der Waals surface area contributed by atoms with Gasteiger partial charge in [-0.15, -0.1) is 0 Å². The molecule has 1 fully saturated rings. The minimum Gasteiger partial charge on any atom is -0.481 e. The molecule has 1 aliphatic heterocycles. The van der Waals surface area contributed by atoms with Gasteiger partial charge in [-0.1, -0.05) is 31.5 Å². The number of benzene rings is 1. The second-order valence-electron chi connectivity index (χ2n) is 9.94. The van der Waals surface area contributed by atoms with E-state index in [0.29, 0.717) is 25.2 Å². The number of aromatic nitrogens is 2. The maximum Gasteiger partial charge on any atom is 0.437 e. The van der Waals surface area contributed by atoms with E-state index in [9.17, 15) is 23.2 Å². The lowest BCUT2D eigenvalue weighted by Crippen LogP contribution is -2.29. The largest absolute Gasteiger partial charge is 0.481 e. The van der Waals surface area contributed by atoms with E-state index in [0.717, 1.165) is 30.2 Å². The molecule has 0 N–H and O–H groups in total. The molecule has 3 unspecified atom stereocenters. The van der Waals surface area contributed by atoms with E-state index in [1.807, 2.05) is 26.8 Å². The molecule has 2 aromatic rings. The summed E-state index contributed by atoms with van der Waals surface area (Å²) in [6.07, 6.45) is 0.806. The summed E-state index contributed by atoms with van der Waals surface area (Å²) in [5.41, 5.74) is -2.12. The van der Waals surface area contributed by atoms with Crippen LogP contribution in [0.1, 0.15) is 57.7 Å². The predicted molar refractivity (Wildman–Crippen MR) is 151 cm³/mol. The van der Waals surface area contributed by atoms with Crippen LogP contribution >= 0.6 is 11.6 Å². The summed E-state index contributed by atoms with van der Waals surface area (Å²) in [5, 5.41) is 9.26. The quantitative estimate of drug-likeness (QED) is 0.210. The van der Waals surface area contributed by atoms with Crippen LogP contribution in [0.5, 0.6) is 11.5 Å². The summed E-state index contributed by atoms with van der Waals surface area (Å²) in [6.45, 7) is 6.46. The fourth-order valence-electron chi connectivity index (χ4n) is 4.11. The Labute approximate surface area is 247 Å². The number of ether oxygens (including phenoxy) is 4. The van der Waals surface area contributed by atoms with Crippen molar-refractivity contribution in [3.05, 3.63) is 62.8 Å². The van der Waals surface area contributed by atoms with Crippen molar-refractivity contribution in [3.8, 4) is 17.6 Å². The zero-order valence-corrected chi connectivity index (χ0v) is 24.7. The third kappa shape index (κ3) is 9.31. The molecule has 1 aromatic carbocycles. The standard InChI is InChI=1S/C29H34ClF3N4O5/c1-5-19(3)36-27(39-4)21(10-18(2)16-41-24-8-6-7-9-40-24)15-37-17-35-26(29(31,32)33)25(28(37)38)42-23-12-20(14-34)11-22(30)13-23/h10-13,17-19,24H,5-9,15-16H2,1-4H3. The molecule has 9 nitrogen and oxygen atoms in total. The Bertz CT molecular complexity index is 1380. The number of hydrogen-bond donors (Lipinski definition) is 0. The summed E-state index contributed by atoms with van der Waals surface area (Å²) >= 11 is 5.99. The summed E-state index contributed by atoms with van der Waals surface area (Å²) in [7, 11) is 1.43. The Hall–Kier alpha value is -3.40. The number of nitrogens with zero attached hydrogens (tertiary/aromatic N) is 4. The number of hydrogen-bond acceptors (Lipinski definition) is 8. The van der Waals surface area contributed by atoms with Gasteiger partial charge in [-0.25, -0.2) is 9.98 Å². The van der Waals surface area contributed by atoms with Crippen molar-refractivity contribution < 1.29 is 32.1 Å². The van der Waals surface area contributed by atoms with E-state index in [-0.39, 0.29) is 47.0 Å². The number of rotatable bonds is 11. The van der Waals surface area contributed by atoms with Crippen molar-refractivity contribution in [2.45, 2.75) is 71.5 Å². The SMILES string of the molecule is CCC(C)N=C(OC)C(=CC(C)COC1CCCCO1)Cn1cnc(C(F)(F)F)c(Oc2cc(Cl)cc(C#N)c2)c1=O. The van der Waals surface area contributed by atoms with E-state index in [1.54, 1.807) is 6.08 Å².